The first-order valence-electron chi connectivity index (χ1n) is 6.22. The van der Waals surface area contributed by atoms with Crippen molar-refractivity contribution in [2.24, 2.45) is 11.5 Å². The van der Waals surface area contributed by atoms with E-state index in [1.54, 1.807) is 0 Å². The average molecular weight is 213 g/mol. The summed E-state index contributed by atoms with van der Waals surface area (Å²) in [4.78, 5) is 0. The Morgan fingerprint density at radius 2 is 1.80 bits per heavy atom. The Hall–Kier alpha value is -0.410. The lowest BCUT2D eigenvalue weighted by Crippen LogP contribution is -2.30. The van der Waals surface area contributed by atoms with Crippen molar-refractivity contribution in [3.63, 3.8) is 0 Å². The third-order valence-electron chi connectivity index (χ3n) is 2.70. The van der Waals surface area contributed by atoms with Crippen molar-refractivity contribution < 1.29 is 0 Å². The van der Waals surface area contributed by atoms with E-state index in [9.17, 15) is 0 Å². The van der Waals surface area contributed by atoms with Crippen molar-refractivity contribution in [3.05, 3.63) is 0 Å². The summed E-state index contributed by atoms with van der Waals surface area (Å²) < 4.78 is 0. The zero-order valence-electron chi connectivity index (χ0n) is 10.1. The fourth-order valence-corrected chi connectivity index (χ4v) is 1.54. The number of nitrogens with one attached hydrogen (secondary N) is 1. The summed E-state index contributed by atoms with van der Waals surface area (Å²) in [7, 11) is 0. The summed E-state index contributed by atoms with van der Waals surface area (Å²) in [5, 5.41) is 7.74. The number of unbranched alkanes of at least 4 members (excludes halogenated alkanes) is 4. The van der Waals surface area contributed by atoms with Gasteiger partial charge >= 0.3 is 0 Å². The standard InChI is InChI=1S/C12H27N3/c1-2-3-4-5-6-7-11(14)8-9-12(15)10-13/h12,14H,2-10,13,15H2,1H3. The van der Waals surface area contributed by atoms with Gasteiger partial charge in [-0.25, -0.2) is 0 Å². The molecule has 1 unspecified atom stereocenters. The molecule has 0 saturated heterocycles. The van der Waals surface area contributed by atoms with Crippen LogP contribution >= 0.6 is 0 Å². The molecule has 1 atom stereocenters. The first-order valence-corrected chi connectivity index (χ1v) is 6.22. The second kappa shape index (κ2) is 10.1. The second-order valence-corrected chi connectivity index (χ2v) is 4.30. The van der Waals surface area contributed by atoms with E-state index >= 15 is 0 Å². The van der Waals surface area contributed by atoms with Crippen LogP contribution in [-0.2, 0) is 0 Å². The molecular formula is C12H27N3. The molecule has 5 N–H and O–H groups in total. The monoisotopic (exact) mass is 213 g/mol. The molecule has 0 saturated carbocycles. The van der Waals surface area contributed by atoms with Crippen LogP contribution in [0.25, 0.3) is 0 Å². The Balaban J connectivity index is 3.26. The van der Waals surface area contributed by atoms with Gasteiger partial charge in [-0.05, 0) is 25.7 Å². The lowest BCUT2D eigenvalue weighted by molar-refractivity contribution is 0.621. The molecular weight excluding hydrogens is 186 g/mol. The summed E-state index contributed by atoms with van der Waals surface area (Å²) in [5.41, 5.74) is 12.0. The average Bonchev–Trinajstić information content (AvgIpc) is 2.25. The highest BCUT2D eigenvalue weighted by Crippen LogP contribution is 2.07. The van der Waals surface area contributed by atoms with Gasteiger partial charge in [0, 0.05) is 18.3 Å². The van der Waals surface area contributed by atoms with Crippen molar-refractivity contribution >= 4 is 5.71 Å². The highest BCUT2D eigenvalue weighted by molar-refractivity contribution is 5.81. The molecule has 0 fully saturated rings. The summed E-state index contributed by atoms with van der Waals surface area (Å²) in [5.74, 6) is 0. The first-order chi connectivity index (χ1) is 7.20. The molecule has 0 radical (unpaired) electrons. The zero-order valence-corrected chi connectivity index (χ0v) is 10.1. The summed E-state index contributed by atoms with van der Waals surface area (Å²) >= 11 is 0. The Labute approximate surface area is 94.1 Å². The maximum Gasteiger partial charge on any atom is 0.0166 e. The van der Waals surface area contributed by atoms with E-state index in [1.165, 1.54) is 25.7 Å². The van der Waals surface area contributed by atoms with E-state index in [0.717, 1.165) is 31.4 Å². The Kier molecular flexibility index (Phi) is 9.84. The van der Waals surface area contributed by atoms with Crippen molar-refractivity contribution in [1.29, 1.82) is 5.41 Å². The molecule has 3 nitrogen and oxygen atoms in total. The van der Waals surface area contributed by atoms with E-state index in [2.05, 4.69) is 6.92 Å². The van der Waals surface area contributed by atoms with E-state index in [0.29, 0.717) is 6.54 Å². The molecule has 0 heterocycles. The second-order valence-electron chi connectivity index (χ2n) is 4.30. The number of rotatable bonds is 10. The van der Waals surface area contributed by atoms with Gasteiger partial charge in [0.25, 0.3) is 0 Å². The van der Waals surface area contributed by atoms with Crippen LogP contribution in [-0.4, -0.2) is 18.3 Å². The van der Waals surface area contributed by atoms with E-state index in [1.807, 2.05) is 0 Å². The highest BCUT2D eigenvalue weighted by atomic mass is 14.7. The highest BCUT2D eigenvalue weighted by Gasteiger charge is 2.02. The minimum Gasteiger partial charge on any atom is -0.329 e. The van der Waals surface area contributed by atoms with Gasteiger partial charge in [0.05, 0.1) is 0 Å². The van der Waals surface area contributed by atoms with Gasteiger partial charge < -0.3 is 16.9 Å². The van der Waals surface area contributed by atoms with Crippen LogP contribution in [0.4, 0.5) is 0 Å². The van der Waals surface area contributed by atoms with E-state index in [-0.39, 0.29) is 6.04 Å². The number of hydrogen-bond donors (Lipinski definition) is 3. The smallest absolute Gasteiger partial charge is 0.0166 e. The zero-order chi connectivity index (χ0) is 11.5. The Morgan fingerprint density at radius 3 is 2.40 bits per heavy atom. The van der Waals surface area contributed by atoms with Crippen molar-refractivity contribution in [1.82, 2.24) is 0 Å². The van der Waals surface area contributed by atoms with Gasteiger partial charge in [0.2, 0.25) is 0 Å². The van der Waals surface area contributed by atoms with E-state index < -0.39 is 0 Å². The van der Waals surface area contributed by atoms with Gasteiger partial charge in [-0.1, -0.05) is 32.6 Å². The van der Waals surface area contributed by atoms with Gasteiger partial charge in [-0.2, -0.15) is 0 Å². The lowest BCUT2D eigenvalue weighted by atomic mass is 10.0. The molecule has 15 heavy (non-hydrogen) atoms. The largest absolute Gasteiger partial charge is 0.329 e. The third kappa shape index (κ3) is 9.88. The normalized spacial score (nSPS) is 12.7. The molecule has 0 aromatic rings. The van der Waals surface area contributed by atoms with Crippen LogP contribution < -0.4 is 11.5 Å². The molecule has 0 aliphatic carbocycles. The Bertz CT molecular complexity index is 157. The molecule has 0 aliphatic heterocycles. The molecule has 0 rings (SSSR count). The topological polar surface area (TPSA) is 75.9 Å². The van der Waals surface area contributed by atoms with Crippen LogP contribution in [0.5, 0.6) is 0 Å². The minimum atomic E-state index is 0.0745. The number of nitrogens with two attached hydrogens (primary N) is 2. The molecule has 0 bridgehead atoms. The fraction of sp³-hybridized carbons (Fsp3) is 0.917. The molecule has 0 spiro atoms. The minimum absolute atomic E-state index is 0.0745. The maximum absolute atomic E-state index is 7.74. The summed E-state index contributed by atoms with van der Waals surface area (Å²) in [6, 6.07) is 0.0745. The van der Waals surface area contributed by atoms with E-state index in [4.69, 9.17) is 16.9 Å². The van der Waals surface area contributed by atoms with Gasteiger partial charge in [0.15, 0.2) is 0 Å². The van der Waals surface area contributed by atoms with Crippen molar-refractivity contribution in [3.8, 4) is 0 Å². The molecule has 3 heteroatoms. The fourth-order valence-electron chi connectivity index (χ4n) is 1.54. The first kappa shape index (κ1) is 14.6. The molecule has 0 aliphatic rings. The third-order valence-corrected chi connectivity index (χ3v) is 2.70. The van der Waals surface area contributed by atoms with Crippen LogP contribution in [0.15, 0.2) is 0 Å². The van der Waals surface area contributed by atoms with Gasteiger partial charge in [-0.15, -0.1) is 0 Å². The predicted octanol–water partition coefficient (Wildman–Crippen LogP) is 2.43. The maximum atomic E-state index is 7.74. The molecule has 0 aromatic heterocycles. The van der Waals surface area contributed by atoms with Crippen molar-refractivity contribution in [2.45, 2.75) is 64.3 Å². The molecule has 90 valence electrons. The van der Waals surface area contributed by atoms with Crippen LogP contribution in [0.2, 0.25) is 0 Å². The quantitative estimate of drug-likeness (QED) is 0.385. The summed E-state index contributed by atoms with van der Waals surface area (Å²) in [6.45, 7) is 2.75. The predicted molar refractivity (Wildman–Crippen MR) is 67.4 cm³/mol. The van der Waals surface area contributed by atoms with Crippen LogP contribution in [0.1, 0.15) is 58.3 Å². The van der Waals surface area contributed by atoms with Crippen LogP contribution in [0.3, 0.4) is 0 Å². The molecule has 0 aromatic carbocycles. The van der Waals surface area contributed by atoms with Gasteiger partial charge in [0.1, 0.15) is 0 Å². The SMILES string of the molecule is CCCCCCCC(=N)CCC(N)CN. The van der Waals surface area contributed by atoms with Crippen molar-refractivity contribution in [2.75, 3.05) is 6.54 Å². The Morgan fingerprint density at radius 1 is 1.13 bits per heavy atom. The number of hydrogen-bond acceptors (Lipinski definition) is 3. The van der Waals surface area contributed by atoms with Crippen LogP contribution in [0, 0.1) is 5.41 Å². The van der Waals surface area contributed by atoms with Gasteiger partial charge in [-0.3, -0.25) is 0 Å². The molecule has 0 amide bonds. The summed E-state index contributed by atoms with van der Waals surface area (Å²) in [6.07, 6.45) is 8.98. The lowest BCUT2D eigenvalue weighted by Gasteiger charge is -2.08.